The Bertz CT molecular complexity index is 428. The molecule has 0 saturated heterocycles. The topological polar surface area (TPSA) is 111 Å². The van der Waals surface area contributed by atoms with Crippen molar-refractivity contribution < 1.29 is 14.1 Å². The van der Waals surface area contributed by atoms with E-state index in [1.165, 1.54) is 6.07 Å². The van der Waals surface area contributed by atoms with Crippen molar-refractivity contribution in [1.82, 2.24) is 5.32 Å². The third kappa shape index (κ3) is 3.85. The molecule has 18 heavy (non-hydrogen) atoms. The number of hydrogen-bond acceptors (Lipinski definition) is 5. The van der Waals surface area contributed by atoms with E-state index in [1.807, 2.05) is 13.8 Å². The highest BCUT2D eigenvalue weighted by atomic mass is 16.6. The van der Waals surface area contributed by atoms with Crippen LogP contribution in [0.5, 0.6) is 0 Å². The summed E-state index contributed by atoms with van der Waals surface area (Å²) in [6.45, 7) is 4.35. The molecule has 1 aromatic heterocycles. The second-order valence-electron chi connectivity index (χ2n) is 4.43. The predicted octanol–water partition coefficient (Wildman–Crippen LogP) is 1.29. The zero-order valence-electron chi connectivity index (χ0n) is 10.4. The summed E-state index contributed by atoms with van der Waals surface area (Å²) < 4.78 is 4.81. The zero-order valence-corrected chi connectivity index (χ0v) is 10.4. The Kier molecular flexibility index (Phi) is 4.85. The van der Waals surface area contributed by atoms with Gasteiger partial charge in [0.15, 0.2) is 5.76 Å². The number of furan rings is 1. The number of nitrogens with zero attached hydrogens (tertiary/aromatic N) is 1. The summed E-state index contributed by atoms with van der Waals surface area (Å²) in [5, 5.41) is 13.1. The first-order chi connectivity index (χ1) is 8.43. The van der Waals surface area contributed by atoms with Gasteiger partial charge in [-0.1, -0.05) is 13.8 Å². The Balaban J connectivity index is 2.65. The predicted molar refractivity (Wildman–Crippen MR) is 65.1 cm³/mol. The molecule has 0 aromatic carbocycles. The van der Waals surface area contributed by atoms with E-state index < -0.39 is 16.7 Å². The molecule has 1 atom stereocenters. The first-order valence-electron chi connectivity index (χ1n) is 5.69. The van der Waals surface area contributed by atoms with Crippen LogP contribution < -0.4 is 11.1 Å². The van der Waals surface area contributed by atoms with Crippen LogP contribution in [0.1, 0.15) is 30.8 Å². The van der Waals surface area contributed by atoms with Crippen molar-refractivity contribution in [2.45, 2.75) is 26.3 Å². The summed E-state index contributed by atoms with van der Waals surface area (Å²) in [7, 11) is 0. The van der Waals surface area contributed by atoms with Crippen LogP contribution in [0.4, 0.5) is 5.88 Å². The van der Waals surface area contributed by atoms with Crippen LogP contribution in [-0.2, 0) is 0 Å². The Labute approximate surface area is 104 Å². The summed E-state index contributed by atoms with van der Waals surface area (Å²) >= 11 is 0. The fraction of sp³-hybridized carbons (Fsp3) is 0.545. The maximum atomic E-state index is 11.7. The van der Waals surface area contributed by atoms with E-state index in [0.29, 0.717) is 12.5 Å². The third-order valence-electron chi connectivity index (χ3n) is 2.37. The highest BCUT2D eigenvalue weighted by Gasteiger charge is 2.19. The molecule has 1 heterocycles. The van der Waals surface area contributed by atoms with Crippen molar-refractivity contribution >= 4 is 11.8 Å². The molecular weight excluding hydrogens is 238 g/mol. The Morgan fingerprint density at radius 1 is 1.56 bits per heavy atom. The second kappa shape index (κ2) is 6.15. The highest BCUT2D eigenvalue weighted by molar-refractivity contribution is 5.91. The van der Waals surface area contributed by atoms with Crippen molar-refractivity contribution in [2.75, 3.05) is 6.54 Å². The quantitative estimate of drug-likeness (QED) is 0.587. The van der Waals surface area contributed by atoms with Crippen LogP contribution in [0.2, 0.25) is 0 Å². The lowest BCUT2D eigenvalue weighted by atomic mass is 10.0. The van der Waals surface area contributed by atoms with Crippen molar-refractivity contribution in [3.63, 3.8) is 0 Å². The van der Waals surface area contributed by atoms with E-state index in [-0.39, 0.29) is 11.8 Å². The first-order valence-corrected chi connectivity index (χ1v) is 5.69. The number of carbonyl (C=O) groups excluding carboxylic acids is 1. The standard InChI is InChI=1S/C11H17N3O4/c1-7(2)5-8(6-12)13-11(15)9-3-4-10(18-9)14(16)17/h3-4,7-8H,5-6,12H2,1-2H3,(H,13,15). The lowest BCUT2D eigenvalue weighted by Crippen LogP contribution is -2.40. The average Bonchev–Trinajstić information content (AvgIpc) is 2.76. The molecule has 0 aliphatic carbocycles. The monoisotopic (exact) mass is 255 g/mol. The molecule has 1 aromatic rings. The summed E-state index contributed by atoms with van der Waals surface area (Å²) in [5.41, 5.74) is 5.55. The van der Waals surface area contributed by atoms with Gasteiger partial charge in [0.2, 0.25) is 0 Å². The zero-order chi connectivity index (χ0) is 13.7. The normalized spacial score (nSPS) is 12.4. The molecule has 0 aliphatic heterocycles. The smallest absolute Gasteiger partial charge is 0.395 e. The maximum Gasteiger partial charge on any atom is 0.433 e. The average molecular weight is 255 g/mol. The van der Waals surface area contributed by atoms with E-state index in [2.05, 4.69) is 5.32 Å². The number of nitrogens with two attached hydrogens (primary N) is 1. The van der Waals surface area contributed by atoms with Crippen molar-refractivity contribution in [3.8, 4) is 0 Å². The summed E-state index contributed by atoms with van der Waals surface area (Å²) in [5.74, 6) is -0.624. The van der Waals surface area contributed by atoms with Crippen LogP contribution in [0, 0.1) is 16.0 Å². The summed E-state index contributed by atoms with van der Waals surface area (Å²) in [4.78, 5) is 21.5. The molecule has 100 valence electrons. The SMILES string of the molecule is CC(C)CC(CN)NC(=O)c1ccc([N+](=O)[O-])o1. The Morgan fingerprint density at radius 3 is 2.67 bits per heavy atom. The molecule has 0 fully saturated rings. The molecule has 0 radical (unpaired) electrons. The van der Waals surface area contributed by atoms with Gasteiger partial charge in [-0.05, 0) is 18.4 Å². The lowest BCUT2D eigenvalue weighted by Gasteiger charge is -2.17. The van der Waals surface area contributed by atoms with E-state index >= 15 is 0 Å². The molecular formula is C11H17N3O4. The van der Waals surface area contributed by atoms with Crippen molar-refractivity contribution in [3.05, 3.63) is 28.0 Å². The Hall–Kier alpha value is -1.89. The van der Waals surface area contributed by atoms with Gasteiger partial charge in [-0.2, -0.15) is 0 Å². The minimum absolute atomic E-state index is 0.0797. The molecule has 7 heteroatoms. The van der Waals surface area contributed by atoms with Crippen LogP contribution in [-0.4, -0.2) is 23.4 Å². The minimum atomic E-state index is -0.689. The molecule has 7 nitrogen and oxygen atoms in total. The molecule has 1 rings (SSSR count). The number of rotatable bonds is 6. The first kappa shape index (κ1) is 14.2. The van der Waals surface area contributed by atoms with E-state index in [9.17, 15) is 14.9 Å². The molecule has 0 bridgehead atoms. The molecule has 1 amide bonds. The van der Waals surface area contributed by atoms with Gasteiger partial charge in [0.05, 0.1) is 6.07 Å². The fourth-order valence-electron chi connectivity index (χ4n) is 1.59. The molecule has 0 spiro atoms. The fourth-order valence-corrected chi connectivity index (χ4v) is 1.59. The van der Waals surface area contributed by atoms with Gasteiger partial charge in [-0.25, -0.2) is 0 Å². The van der Waals surface area contributed by atoms with Crippen LogP contribution in [0.25, 0.3) is 0 Å². The van der Waals surface area contributed by atoms with Crippen LogP contribution in [0.3, 0.4) is 0 Å². The number of hydrogen-bond donors (Lipinski definition) is 2. The highest BCUT2D eigenvalue weighted by Crippen LogP contribution is 2.15. The number of nitro groups is 1. The minimum Gasteiger partial charge on any atom is -0.395 e. The van der Waals surface area contributed by atoms with E-state index in [1.54, 1.807) is 0 Å². The van der Waals surface area contributed by atoms with Crippen molar-refractivity contribution in [2.24, 2.45) is 11.7 Å². The van der Waals surface area contributed by atoms with E-state index in [4.69, 9.17) is 10.2 Å². The largest absolute Gasteiger partial charge is 0.433 e. The van der Waals surface area contributed by atoms with Gasteiger partial charge < -0.3 is 15.5 Å². The maximum absolute atomic E-state index is 11.7. The van der Waals surface area contributed by atoms with E-state index in [0.717, 1.165) is 12.5 Å². The van der Waals surface area contributed by atoms with Gasteiger partial charge >= 0.3 is 5.88 Å². The van der Waals surface area contributed by atoms with Gasteiger partial charge in [0.25, 0.3) is 5.91 Å². The molecule has 0 aliphatic rings. The van der Waals surface area contributed by atoms with Gasteiger partial charge in [-0.3, -0.25) is 14.9 Å². The summed E-state index contributed by atoms with van der Waals surface area (Å²) in [6.07, 6.45) is 0.741. The van der Waals surface area contributed by atoms with Crippen molar-refractivity contribution in [1.29, 1.82) is 0 Å². The number of nitrogens with one attached hydrogen (secondary N) is 1. The number of carbonyl (C=O) groups is 1. The summed E-state index contributed by atoms with van der Waals surface area (Å²) in [6, 6.07) is 2.26. The Morgan fingerprint density at radius 2 is 2.22 bits per heavy atom. The van der Waals surface area contributed by atoms with Crippen LogP contribution >= 0.6 is 0 Å². The number of amides is 1. The molecule has 0 saturated carbocycles. The van der Waals surface area contributed by atoms with Crippen LogP contribution in [0.15, 0.2) is 16.5 Å². The van der Waals surface area contributed by atoms with Gasteiger partial charge in [0, 0.05) is 12.6 Å². The van der Waals surface area contributed by atoms with Gasteiger partial charge in [0.1, 0.15) is 4.92 Å². The third-order valence-corrected chi connectivity index (χ3v) is 2.37. The molecule has 1 unspecified atom stereocenters. The van der Waals surface area contributed by atoms with Gasteiger partial charge in [-0.15, -0.1) is 0 Å². The second-order valence-corrected chi connectivity index (χ2v) is 4.43. The lowest BCUT2D eigenvalue weighted by molar-refractivity contribution is -0.402. The molecule has 3 N–H and O–H groups in total.